The van der Waals surface area contributed by atoms with Gasteiger partial charge in [0.25, 0.3) is 0 Å². The molecular weight excluding hydrogens is 368 g/mol. The first kappa shape index (κ1) is 17.4. The van der Waals surface area contributed by atoms with E-state index in [-0.39, 0.29) is 5.97 Å². The number of carbonyl (C=O) groups is 1. The molecule has 7 heteroatoms. The molecule has 144 valence electrons. The Morgan fingerprint density at radius 3 is 2.28 bits per heavy atom. The molecule has 3 aromatic heterocycles. The van der Waals surface area contributed by atoms with E-state index in [9.17, 15) is 4.79 Å². The molecular formula is C22H18N4O3. The molecule has 5 rings (SSSR count). The van der Waals surface area contributed by atoms with Crippen molar-refractivity contribution in [1.29, 1.82) is 0 Å². The number of furan rings is 1. The lowest BCUT2D eigenvalue weighted by Gasteiger charge is -2.14. The Morgan fingerprint density at radius 1 is 0.966 bits per heavy atom. The van der Waals surface area contributed by atoms with Gasteiger partial charge in [0.15, 0.2) is 11.6 Å². The van der Waals surface area contributed by atoms with Gasteiger partial charge < -0.3 is 13.7 Å². The van der Waals surface area contributed by atoms with Crippen LogP contribution in [0.1, 0.15) is 18.7 Å². The number of rotatable bonds is 3. The number of fused-ring (bicyclic) bond motifs is 3. The second-order valence-electron chi connectivity index (χ2n) is 6.96. The lowest BCUT2D eigenvalue weighted by molar-refractivity contribution is -0.143. The number of esters is 1. The summed E-state index contributed by atoms with van der Waals surface area (Å²) < 4.78 is 12.6. The average Bonchev–Trinajstić information content (AvgIpc) is 3.32. The fraction of sp³-hybridized carbons (Fsp3) is 0.182. The highest BCUT2D eigenvalue weighted by atomic mass is 16.5. The zero-order valence-electron chi connectivity index (χ0n) is 16.2. The molecule has 0 spiro atoms. The molecule has 0 radical (unpaired) electrons. The van der Waals surface area contributed by atoms with E-state index in [1.807, 2.05) is 60.0 Å². The van der Waals surface area contributed by atoms with Gasteiger partial charge in [-0.2, -0.15) is 0 Å². The van der Waals surface area contributed by atoms with Crippen molar-refractivity contribution in [1.82, 2.24) is 19.5 Å². The molecule has 29 heavy (non-hydrogen) atoms. The second kappa shape index (κ2) is 6.41. The number of nitrogens with zero attached hydrogens (tertiary/aromatic N) is 4. The topological polar surface area (TPSA) is 83.0 Å². The van der Waals surface area contributed by atoms with E-state index in [1.54, 1.807) is 6.92 Å². The summed E-state index contributed by atoms with van der Waals surface area (Å²) in [6.45, 7) is 3.65. The van der Waals surface area contributed by atoms with Crippen LogP contribution in [0.2, 0.25) is 0 Å². The van der Waals surface area contributed by atoms with Gasteiger partial charge in [0.2, 0.25) is 0 Å². The van der Waals surface area contributed by atoms with Crippen molar-refractivity contribution in [3.63, 3.8) is 0 Å². The molecule has 3 heterocycles. The van der Waals surface area contributed by atoms with Crippen LogP contribution in [-0.2, 0) is 9.53 Å². The normalized spacial score (nSPS) is 12.7. The third-order valence-electron chi connectivity index (χ3n) is 5.04. The Morgan fingerprint density at radius 2 is 1.66 bits per heavy atom. The van der Waals surface area contributed by atoms with Crippen LogP contribution in [-0.4, -0.2) is 32.6 Å². The van der Waals surface area contributed by atoms with E-state index in [0.717, 1.165) is 33.3 Å². The fourth-order valence-corrected chi connectivity index (χ4v) is 3.61. The molecule has 1 atom stereocenters. The van der Waals surface area contributed by atoms with Crippen molar-refractivity contribution < 1.29 is 13.9 Å². The Balaban J connectivity index is 1.84. The standard InChI is InChI=1S/C22H18N4O3/c1-12-8-9-20(29-12)21-25-18-10-16-17(24-15-7-5-4-6-14(15)23-16)11-19(18)26(21)13(2)22(27)28-3/h4-11,13H,1-3H3. The van der Waals surface area contributed by atoms with Crippen molar-refractivity contribution in [3.05, 3.63) is 54.3 Å². The minimum atomic E-state index is -0.587. The van der Waals surface area contributed by atoms with Gasteiger partial charge in [-0.1, -0.05) is 12.1 Å². The summed E-state index contributed by atoms with van der Waals surface area (Å²) in [6.07, 6.45) is 0. The van der Waals surface area contributed by atoms with Crippen molar-refractivity contribution in [2.24, 2.45) is 0 Å². The monoisotopic (exact) mass is 386 g/mol. The van der Waals surface area contributed by atoms with E-state index in [0.29, 0.717) is 17.1 Å². The highest BCUT2D eigenvalue weighted by Crippen LogP contribution is 2.32. The van der Waals surface area contributed by atoms with Crippen LogP contribution in [0.5, 0.6) is 0 Å². The molecule has 0 bridgehead atoms. The van der Waals surface area contributed by atoms with Crippen LogP contribution in [0.3, 0.4) is 0 Å². The molecule has 0 aliphatic rings. The molecule has 0 aliphatic carbocycles. The van der Waals surface area contributed by atoms with Gasteiger partial charge in [0.05, 0.1) is 40.2 Å². The summed E-state index contributed by atoms with van der Waals surface area (Å²) in [5.41, 5.74) is 4.59. The average molecular weight is 386 g/mol. The maximum absolute atomic E-state index is 12.4. The SMILES string of the molecule is COC(=O)C(C)n1c(-c2ccc(C)o2)nc2cc3nc4ccccc4nc3cc21. The predicted octanol–water partition coefficient (Wildman–Crippen LogP) is 4.44. The van der Waals surface area contributed by atoms with Crippen LogP contribution in [0, 0.1) is 6.92 Å². The predicted molar refractivity (Wildman–Crippen MR) is 110 cm³/mol. The van der Waals surface area contributed by atoms with Gasteiger partial charge in [0, 0.05) is 0 Å². The van der Waals surface area contributed by atoms with Gasteiger partial charge in [-0.3, -0.25) is 0 Å². The van der Waals surface area contributed by atoms with Gasteiger partial charge in [-0.25, -0.2) is 19.7 Å². The summed E-state index contributed by atoms with van der Waals surface area (Å²) in [6, 6.07) is 14.7. The summed E-state index contributed by atoms with van der Waals surface area (Å²) in [7, 11) is 1.38. The molecule has 0 saturated carbocycles. The largest absolute Gasteiger partial charge is 0.467 e. The number of hydrogen-bond acceptors (Lipinski definition) is 6. The molecule has 7 nitrogen and oxygen atoms in total. The Labute approximate surface area is 166 Å². The quantitative estimate of drug-likeness (QED) is 0.337. The Hall–Kier alpha value is -3.74. The summed E-state index contributed by atoms with van der Waals surface area (Å²) in [4.78, 5) is 26.6. The first-order chi connectivity index (χ1) is 14.0. The number of carbonyl (C=O) groups excluding carboxylic acids is 1. The van der Waals surface area contributed by atoms with Crippen LogP contribution < -0.4 is 0 Å². The third-order valence-corrected chi connectivity index (χ3v) is 5.04. The Bertz CT molecular complexity index is 1400. The molecule has 5 aromatic rings. The van der Waals surface area contributed by atoms with E-state index in [4.69, 9.17) is 24.1 Å². The maximum atomic E-state index is 12.4. The van der Waals surface area contributed by atoms with E-state index >= 15 is 0 Å². The molecule has 0 fully saturated rings. The number of aryl methyl sites for hydroxylation is 1. The van der Waals surface area contributed by atoms with E-state index in [2.05, 4.69) is 0 Å². The summed E-state index contributed by atoms with van der Waals surface area (Å²) in [5, 5.41) is 0. The molecule has 0 N–H and O–H groups in total. The summed E-state index contributed by atoms with van der Waals surface area (Å²) in [5.74, 6) is 1.55. The van der Waals surface area contributed by atoms with Crippen LogP contribution in [0.25, 0.3) is 44.7 Å². The van der Waals surface area contributed by atoms with Crippen molar-refractivity contribution in [3.8, 4) is 11.6 Å². The number of hydrogen-bond donors (Lipinski definition) is 0. The van der Waals surface area contributed by atoms with Crippen molar-refractivity contribution in [2.45, 2.75) is 19.9 Å². The minimum absolute atomic E-state index is 0.362. The van der Waals surface area contributed by atoms with Gasteiger partial charge in [-0.05, 0) is 50.2 Å². The maximum Gasteiger partial charge on any atom is 0.328 e. The number of methoxy groups -OCH3 is 1. The lowest BCUT2D eigenvalue weighted by Crippen LogP contribution is -2.18. The van der Waals surface area contributed by atoms with Crippen molar-refractivity contribution >= 4 is 39.1 Å². The molecule has 0 aliphatic heterocycles. The first-order valence-electron chi connectivity index (χ1n) is 9.28. The minimum Gasteiger partial charge on any atom is -0.467 e. The molecule has 0 saturated heterocycles. The number of imidazole rings is 1. The Kier molecular flexibility index (Phi) is 3.84. The third kappa shape index (κ3) is 2.74. The number of para-hydroxylation sites is 2. The summed E-state index contributed by atoms with van der Waals surface area (Å²) >= 11 is 0. The highest BCUT2D eigenvalue weighted by molar-refractivity contribution is 5.96. The zero-order valence-corrected chi connectivity index (χ0v) is 16.2. The fourth-order valence-electron chi connectivity index (χ4n) is 3.61. The van der Waals surface area contributed by atoms with E-state index < -0.39 is 6.04 Å². The molecule has 2 aromatic carbocycles. The van der Waals surface area contributed by atoms with Crippen LogP contribution >= 0.6 is 0 Å². The number of ether oxygens (including phenoxy) is 1. The zero-order chi connectivity index (χ0) is 20.1. The van der Waals surface area contributed by atoms with Gasteiger partial charge >= 0.3 is 5.97 Å². The van der Waals surface area contributed by atoms with Gasteiger partial charge in [-0.15, -0.1) is 0 Å². The van der Waals surface area contributed by atoms with Gasteiger partial charge in [0.1, 0.15) is 11.8 Å². The number of aromatic nitrogens is 4. The van der Waals surface area contributed by atoms with Crippen LogP contribution in [0.15, 0.2) is 52.9 Å². The highest BCUT2D eigenvalue weighted by Gasteiger charge is 2.25. The molecule has 1 unspecified atom stereocenters. The smallest absolute Gasteiger partial charge is 0.328 e. The van der Waals surface area contributed by atoms with Crippen molar-refractivity contribution in [2.75, 3.05) is 7.11 Å². The first-order valence-corrected chi connectivity index (χ1v) is 9.28. The lowest BCUT2D eigenvalue weighted by atomic mass is 10.2. The molecule has 0 amide bonds. The number of benzene rings is 2. The van der Waals surface area contributed by atoms with Crippen LogP contribution in [0.4, 0.5) is 0 Å². The van der Waals surface area contributed by atoms with E-state index in [1.165, 1.54) is 7.11 Å². The second-order valence-corrected chi connectivity index (χ2v) is 6.96.